The van der Waals surface area contributed by atoms with Crippen molar-refractivity contribution in [2.24, 2.45) is 17.8 Å². The van der Waals surface area contributed by atoms with Crippen LogP contribution in [0.3, 0.4) is 0 Å². The molecule has 0 aromatic rings. The third-order valence-electron chi connectivity index (χ3n) is 3.00. The molecule has 0 amide bonds. The van der Waals surface area contributed by atoms with Crippen LogP contribution < -0.4 is 0 Å². The van der Waals surface area contributed by atoms with Crippen molar-refractivity contribution in [2.45, 2.75) is 19.2 Å². The van der Waals surface area contributed by atoms with Crippen molar-refractivity contribution in [1.29, 1.82) is 5.26 Å². The van der Waals surface area contributed by atoms with Gasteiger partial charge in [-0.15, -0.1) is 0 Å². The number of rotatable bonds is 2. The standard InChI is InChI=1S/C10H10F3NO/c1-5-2-7(15-4-10(11,12)13)9-6(3-14)8(5)9/h2,6-9H,4H2,1H3/t6-,7+,8+,9+/m1/s1. The van der Waals surface area contributed by atoms with Crippen molar-refractivity contribution in [3.05, 3.63) is 11.6 Å². The molecule has 0 unspecified atom stereocenters. The third-order valence-corrected chi connectivity index (χ3v) is 3.00. The second-order valence-electron chi connectivity index (χ2n) is 4.06. The highest BCUT2D eigenvalue weighted by Gasteiger charge is 2.59. The number of alkyl halides is 3. The van der Waals surface area contributed by atoms with E-state index in [4.69, 9.17) is 10.00 Å². The summed E-state index contributed by atoms with van der Waals surface area (Å²) in [5, 5.41) is 8.72. The quantitative estimate of drug-likeness (QED) is 0.665. The van der Waals surface area contributed by atoms with Gasteiger partial charge in [-0.2, -0.15) is 18.4 Å². The van der Waals surface area contributed by atoms with Crippen molar-refractivity contribution < 1.29 is 17.9 Å². The van der Waals surface area contributed by atoms with Gasteiger partial charge in [0.05, 0.1) is 18.1 Å². The highest BCUT2D eigenvalue weighted by atomic mass is 19.4. The summed E-state index contributed by atoms with van der Waals surface area (Å²) >= 11 is 0. The molecule has 2 nitrogen and oxygen atoms in total. The first kappa shape index (κ1) is 10.5. The van der Waals surface area contributed by atoms with E-state index in [0.29, 0.717) is 0 Å². The molecule has 1 saturated carbocycles. The van der Waals surface area contributed by atoms with Gasteiger partial charge >= 0.3 is 6.18 Å². The molecule has 0 heterocycles. The number of ether oxygens (including phenoxy) is 1. The zero-order valence-corrected chi connectivity index (χ0v) is 8.08. The molecule has 0 N–H and O–H groups in total. The number of nitriles is 1. The molecular formula is C10H10F3NO. The highest BCUT2D eigenvalue weighted by molar-refractivity contribution is 5.33. The van der Waals surface area contributed by atoms with Crippen LogP contribution >= 0.6 is 0 Å². The molecule has 0 spiro atoms. The Morgan fingerprint density at radius 1 is 1.53 bits per heavy atom. The van der Waals surface area contributed by atoms with Gasteiger partial charge in [-0.05, 0) is 6.92 Å². The minimum absolute atomic E-state index is 0.0441. The Kier molecular flexibility index (Phi) is 2.27. The first-order valence-corrected chi connectivity index (χ1v) is 4.70. The summed E-state index contributed by atoms with van der Waals surface area (Å²) in [7, 11) is 0. The number of allylic oxidation sites excluding steroid dienone is 1. The maximum absolute atomic E-state index is 11.9. The van der Waals surface area contributed by atoms with E-state index in [1.807, 2.05) is 6.92 Å². The molecule has 2 aliphatic rings. The van der Waals surface area contributed by atoms with Crippen LogP contribution in [-0.4, -0.2) is 18.9 Å². The van der Waals surface area contributed by atoms with E-state index in [0.717, 1.165) is 5.57 Å². The lowest BCUT2D eigenvalue weighted by atomic mass is 10.1. The fourth-order valence-electron chi connectivity index (χ4n) is 2.33. The van der Waals surface area contributed by atoms with Gasteiger partial charge in [-0.25, -0.2) is 0 Å². The van der Waals surface area contributed by atoms with Crippen molar-refractivity contribution in [1.82, 2.24) is 0 Å². The Morgan fingerprint density at radius 2 is 2.20 bits per heavy atom. The Bertz CT molecular complexity index is 342. The van der Waals surface area contributed by atoms with Gasteiger partial charge in [-0.1, -0.05) is 11.6 Å². The van der Waals surface area contributed by atoms with E-state index in [-0.39, 0.29) is 17.8 Å². The molecular weight excluding hydrogens is 207 g/mol. The monoisotopic (exact) mass is 217 g/mol. The van der Waals surface area contributed by atoms with Gasteiger partial charge in [0.15, 0.2) is 0 Å². The lowest BCUT2D eigenvalue weighted by Crippen LogP contribution is -2.23. The molecule has 0 aromatic carbocycles. The Labute approximate surface area is 85.3 Å². The molecule has 0 bridgehead atoms. The van der Waals surface area contributed by atoms with Crippen LogP contribution in [0.1, 0.15) is 6.92 Å². The largest absolute Gasteiger partial charge is 0.411 e. The van der Waals surface area contributed by atoms with E-state index in [1.165, 1.54) is 0 Å². The van der Waals surface area contributed by atoms with Crippen LogP contribution in [0.15, 0.2) is 11.6 Å². The summed E-state index contributed by atoms with van der Waals surface area (Å²) in [5.74, 6) is -0.0567. The first-order valence-electron chi connectivity index (χ1n) is 4.70. The molecule has 0 aromatic heterocycles. The second kappa shape index (κ2) is 3.24. The van der Waals surface area contributed by atoms with Crippen molar-refractivity contribution in [3.8, 4) is 6.07 Å². The Hall–Kier alpha value is -1.02. The summed E-state index contributed by atoms with van der Waals surface area (Å²) in [6.45, 7) is 0.606. The number of hydrogen-bond donors (Lipinski definition) is 0. The molecule has 5 heteroatoms. The number of hydrogen-bond acceptors (Lipinski definition) is 2. The van der Waals surface area contributed by atoms with E-state index in [9.17, 15) is 13.2 Å². The minimum Gasteiger partial charge on any atom is -0.364 e. The second-order valence-corrected chi connectivity index (χ2v) is 4.06. The van der Waals surface area contributed by atoms with Crippen LogP contribution in [0.5, 0.6) is 0 Å². The summed E-state index contributed by atoms with van der Waals surface area (Å²) in [4.78, 5) is 0. The molecule has 2 rings (SSSR count). The summed E-state index contributed by atoms with van der Waals surface area (Å²) < 4.78 is 40.5. The molecule has 4 atom stereocenters. The van der Waals surface area contributed by atoms with Gasteiger partial charge in [0.25, 0.3) is 0 Å². The average Bonchev–Trinajstić information content (AvgIpc) is 2.76. The SMILES string of the molecule is CC1=C[C@H](OCC(F)(F)F)[C@@H]2[C@H](C#N)[C@H]12. The maximum Gasteiger partial charge on any atom is 0.411 e. The van der Waals surface area contributed by atoms with E-state index in [2.05, 4.69) is 6.07 Å². The summed E-state index contributed by atoms with van der Waals surface area (Å²) in [6, 6.07) is 2.10. The van der Waals surface area contributed by atoms with Gasteiger partial charge in [-0.3, -0.25) is 0 Å². The zero-order valence-electron chi connectivity index (χ0n) is 8.08. The Balaban J connectivity index is 1.94. The van der Waals surface area contributed by atoms with Crippen LogP contribution in [0.25, 0.3) is 0 Å². The molecule has 15 heavy (non-hydrogen) atoms. The fourth-order valence-corrected chi connectivity index (χ4v) is 2.33. The van der Waals surface area contributed by atoms with Gasteiger partial charge in [0.2, 0.25) is 0 Å². The molecule has 0 saturated heterocycles. The predicted molar refractivity (Wildman–Crippen MR) is 45.6 cm³/mol. The molecule has 82 valence electrons. The normalized spacial score (nSPS) is 38.2. The van der Waals surface area contributed by atoms with Crippen molar-refractivity contribution in [3.63, 3.8) is 0 Å². The van der Waals surface area contributed by atoms with Crippen molar-refractivity contribution >= 4 is 0 Å². The van der Waals surface area contributed by atoms with Gasteiger partial charge in [0, 0.05) is 11.8 Å². The first-order chi connectivity index (χ1) is 6.94. The summed E-state index contributed by atoms with van der Waals surface area (Å²) in [5.41, 5.74) is 0.985. The number of nitrogens with zero attached hydrogens (tertiary/aromatic N) is 1. The lowest BCUT2D eigenvalue weighted by molar-refractivity contribution is -0.182. The maximum atomic E-state index is 11.9. The minimum atomic E-state index is -4.29. The van der Waals surface area contributed by atoms with Crippen LogP contribution in [0.4, 0.5) is 13.2 Å². The van der Waals surface area contributed by atoms with Crippen LogP contribution in [-0.2, 0) is 4.74 Å². The number of fused-ring (bicyclic) bond motifs is 1. The van der Waals surface area contributed by atoms with Crippen molar-refractivity contribution in [2.75, 3.05) is 6.61 Å². The third kappa shape index (κ3) is 1.86. The zero-order chi connectivity index (χ0) is 11.2. The molecule has 1 fully saturated rings. The fraction of sp³-hybridized carbons (Fsp3) is 0.700. The van der Waals surface area contributed by atoms with E-state index >= 15 is 0 Å². The van der Waals surface area contributed by atoms with E-state index < -0.39 is 18.9 Å². The number of halogens is 3. The van der Waals surface area contributed by atoms with Crippen LogP contribution in [0.2, 0.25) is 0 Å². The predicted octanol–water partition coefficient (Wildman–Crippen LogP) is 2.28. The van der Waals surface area contributed by atoms with Gasteiger partial charge < -0.3 is 4.74 Å². The topological polar surface area (TPSA) is 33.0 Å². The lowest BCUT2D eigenvalue weighted by Gasteiger charge is -2.13. The smallest absolute Gasteiger partial charge is 0.364 e. The van der Waals surface area contributed by atoms with E-state index in [1.54, 1.807) is 6.08 Å². The average molecular weight is 217 g/mol. The van der Waals surface area contributed by atoms with Crippen LogP contribution in [0, 0.1) is 29.1 Å². The van der Waals surface area contributed by atoms with Gasteiger partial charge in [0.1, 0.15) is 6.61 Å². The highest BCUT2D eigenvalue weighted by Crippen LogP contribution is 2.58. The molecule has 0 aliphatic heterocycles. The Morgan fingerprint density at radius 3 is 2.67 bits per heavy atom. The molecule has 2 aliphatic carbocycles. The summed E-state index contributed by atoms with van der Waals surface area (Å²) in [6.07, 6.45) is -3.12. The molecule has 0 radical (unpaired) electrons.